The molecule has 6 rings (SSSR count). The van der Waals surface area contributed by atoms with Crippen LogP contribution in [0.5, 0.6) is 0 Å². The van der Waals surface area contributed by atoms with E-state index in [1.807, 2.05) is 18.2 Å². The van der Waals surface area contributed by atoms with Crippen LogP contribution in [0, 0.1) is 23.2 Å². The summed E-state index contributed by atoms with van der Waals surface area (Å²) in [6.07, 6.45) is 7.94. The van der Waals surface area contributed by atoms with Gasteiger partial charge in [0.15, 0.2) is 5.69 Å². The minimum atomic E-state index is -0.170. The van der Waals surface area contributed by atoms with Gasteiger partial charge in [0, 0.05) is 18.5 Å². The third-order valence-corrected chi connectivity index (χ3v) is 7.52. The molecule has 1 heterocycles. The molecule has 0 radical (unpaired) electrons. The molecular weight excluding hydrogens is 338 g/mol. The predicted octanol–water partition coefficient (Wildman–Crippen LogP) is 3.27. The van der Waals surface area contributed by atoms with Crippen molar-refractivity contribution in [3.63, 3.8) is 0 Å². The van der Waals surface area contributed by atoms with Crippen molar-refractivity contribution in [2.45, 2.75) is 51.5 Å². The highest BCUT2D eigenvalue weighted by molar-refractivity contribution is 6.04. The maximum atomic E-state index is 13.1. The molecule has 4 fully saturated rings. The van der Waals surface area contributed by atoms with E-state index in [0.717, 1.165) is 17.8 Å². The molecule has 0 spiro atoms. The number of nitrogens with one attached hydrogen (secondary N) is 1. The highest BCUT2D eigenvalue weighted by atomic mass is 16.2. The molecule has 1 amide bonds. The van der Waals surface area contributed by atoms with Crippen LogP contribution in [0.4, 0.5) is 0 Å². The maximum Gasteiger partial charge on any atom is 0.274 e. The van der Waals surface area contributed by atoms with Crippen LogP contribution in [0.3, 0.4) is 0 Å². The van der Waals surface area contributed by atoms with Crippen LogP contribution < -0.4 is 10.9 Å². The molecule has 4 saturated carbocycles. The number of hydrogen-bond acceptors (Lipinski definition) is 3. The van der Waals surface area contributed by atoms with Crippen LogP contribution in [-0.4, -0.2) is 21.7 Å². The zero-order chi connectivity index (χ0) is 18.8. The summed E-state index contributed by atoms with van der Waals surface area (Å²) in [7, 11) is 1.61. The van der Waals surface area contributed by atoms with Gasteiger partial charge in [0.25, 0.3) is 11.5 Å². The van der Waals surface area contributed by atoms with Crippen molar-refractivity contribution in [3.05, 3.63) is 40.3 Å². The van der Waals surface area contributed by atoms with E-state index in [-0.39, 0.29) is 22.9 Å². The molecule has 142 valence electrons. The van der Waals surface area contributed by atoms with Crippen LogP contribution in [0.25, 0.3) is 10.8 Å². The molecule has 4 aliphatic carbocycles. The largest absolute Gasteiger partial charge is 0.348 e. The van der Waals surface area contributed by atoms with Gasteiger partial charge in [-0.3, -0.25) is 9.59 Å². The van der Waals surface area contributed by atoms with Crippen LogP contribution >= 0.6 is 0 Å². The van der Waals surface area contributed by atoms with Crippen molar-refractivity contribution in [2.75, 3.05) is 0 Å². The number of amides is 1. The van der Waals surface area contributed by atoms with E-state index >= 15 is 0 Å². The quantitative estimate of drug-likeness (QED) is 0.908. The second kappa shape index (κ2) is 5.91. The summed E-state index contributed by atoms with van der Waals surface area (Å²) >= 11 is 0. The minimum absolute atomic E-state index is 0.135. The summed E-state index contributed by atoms with van der Waals surface area (Å²) < 4.78 is 1.27. The second-order valence-corrected chi connectivity index (χ2v) is 9.30. The fourth-order valence-corrected chi connectivity index (χ4v) is 6.59. The lowest BCUT2D eigenvalue weighted by molar-refractivity contribution is -0.0688. The third-order valence-electron chi connectivity index (χ3n) is 7.52. The molecule has 4 aliphatic rings. The van der Waals surface area contributed by atoms with Crippen LogP contribution in [0.1, 0.15) is 55.9 Å². The number of benzene rings is 1. The average Bonchev–Trinajstić information content (AvgIpc) is 2.63. The maximum absolute atomic E-state index is 13.1. The van der Waals surface area contributed by atoms with E-state index in [2.05, 4.69) is 17.3 Å². The molecule has 5 heteroatoms. The summed E-state index contributed by atoms with van der Waals surface area (Å²) in [6, 6.07) is 7.38. The number of aromatic nitrogens is 2. The summed E-state index contributed by atoms with van der Waals surface area (Å²) in [5, 5.41) is 8.75. The number of hydrogen-bond donors (Lipinski definition) is 1. The van der Waals surface area contributed by atoms with Gasteiger partial charge in [-0.2, -0.15) is 5.10 Å². The second-order valence-electron chi connectivity index (χ2n) is 9.30. The first-order valence-corrected chi connectivity index (χ1v) is 10.2. The zero-order valence-electron chi connectivity index (χ0n) is 16.1. The molecular formula is C22H27N3O2. The van der Waals surface area contributed by atoms with Gasteiger partial charge in [-0.1, -0.05) is 18.2 Å². The first-order valence-electron chi connectivity index (χ1n) is 10.2. The number of fused-ring (bicyclic) bond motifs is 1. The van der Waals surface area contributed by atoms with Gasteiger partial charge in [-0.05, 0) is 74.7 Å². The Morgan fingerprint density at radius 2 is 1.67 bits per heavy atom. The van der Waals surface area contributed by atoms with Gasteiger partial charge in [0.1, 0.15) is 0 Å². The molecule has 5 nitrogen and oxygen atoms in total. The normalized spacial score (nSPS) is 32.6. The Kier molecular flexibility index (Phi) is 3.72. The standard InChI is InChI=1S/C22H27N3O2/c1-13(22-10-14-7-15(11-22)9-16(8-14)12-22)23-20(26)19-17-5-3-4-6-18(17)21(27)25(2)24-19/h3-6,13-16H,7-12H2,1-2H3,(H,23,26). The predicted molar refractivity (Wildman–Crippen MR) is 105 cm³/mol. The Labute approximate surface area is 159 Å². The summed E-state index contributed by atoms with van der Waals surface area (Å²) in [6.45, 7) is 2.18. The number of carbonyl (C=O) groups is 1. The molecule has 1 aromatic carbocycles. The Morgan fingerprint density at radius 1 is 1.11 bits per heavy atom. The smallest absolute Gasteiger partial charge is 0.274 e. The minimum Gasteiger partial charge on any atom is -0.348 e. The van der Waals surface area contributed by atoms with Crippen molar-refractivity contribution in [3.8, 4) is 0 Å². The van der Waals surface area contributed by atoms with Gasteiger partial charge in [-0.15, -0.1) is 0 Å². The Hall–Kier alpha value is -2.17. The fraction of sp³-hybridized carbons (Fsp3) is 0.591. The van der Waals surface area contributed by atoms with Gasteiger partial charge in [-0.25, -0.2) is 4.68 Å². The average molecular weight is 365 g/mol. The number of rotatable bonds is 3. The molecule has 1 aromatic heterocycles. The Bertz CT molecular complexity index is 942. The summed E-state index contributed by atoms with van der Waals surface area (Å²) in [5.41, 5.74) is 0.432. The van der Waals surface area contributed by atoms with E-state index in [4.69, 9.17) is 0 Å². The lowest BCUT2D eigenvalue weighted by Gasteiger charge is -2.59. The van der Waals surface area contributed by atoms with Gasteiger partial charge in [0.2, 0.25) is 0 Å². The van der Waals surface area contributed by atoms with Crippen LogP contribution in [0.15, 0.2) is 29.1 Å². The van der Waals surface area contributed by atoms with Crippen molar-refractivity contribution >= 4 is 16.7 Å². The Balaban J connectivity index is 1.45. The highest BCUT2D eigenvalue weighted by Crippen LogP contribution is 2.61. The van der Waals surface area contributed by atoms with E-state index in [0.29, 0.717) is 16.5 Å². The van der Waals surface area contributed by atoms with Crippen molar-refractivity contribution in [1.82, 2.24) is 15.1 Å². The molecule has 0 saturated heterocycles. The first kappa shape index (κ1) is 17.0. The third kappa shape index (κ3) is 2.62. The van der Waals surface area contributed by atoms with Crippen LogP contribution in [-0.2, 0) is 7.05 Å². The van der Waals surface area contributed by atoms with Crippen LogP contribution in [0.2, 0.25) is 0 Å². The van der Waals surface area contributed by atoms with Gasteiger partial charge in [0.05, 0.1) is 5.39 Å². The molecule has 2 aromatic rings. The van der Waals surface area contributed by atoms with Crippen molar-refractivity contribution in [2.24, 2.45) is 30.2 Å². The first-order chi connectivity index (χ1) is 12.9. The van der Waals surface area contributed by atoms with E-state index < -0.39 is 0 Å². The molecule has 1 N–H and O–H groups in total. The monoisotopic (exact) mass is 365 g/mol. The number of carbonyl (C=O) groups excluding carboxylic acids is 1. The SMILES string of the molecule is CC(NC(=O)c1nn(C)c(=O)c2ccccc12)C12CC3CC(CC(C3)C1)C2. The highest BCUT2D eigenvalue weighted by Gasteiger charge is 2.53. The summed E-state index contributed by atoms with van der Waals surface area (Å²) in [4.78, 5) is 25.5. The topological polar surface area (TPSA) is 64.0 Å². The molecule has 0 aliphatic heterocycles. The van der Waals surface area contributed by atoms with Crippen molar-refractivity contribution in [1.29, 1.82) is 0 Å². The zero-order valence-corrected chi connectivity index (χ0v) is 16.1. The van der Waals surface area contributed by atoms with Gasteiger partial charge >= 0.3 is 0 Å². The molecule has 1 atom stereocenters. The number of aryl methyl sites for hydroxylation is 1. The fourth-order valence-electron chi connectivity index (χ4n) is 6.59. The Morgan fingerprint density at radius 3 is 2.26 bits per heavy atom. The van der Waals surface area contributed by atoms with Gasteiger partial charge < -0.3 is 5.32 Å². The van der Waals surface area contributed by atoms with E-state index in [1.54, 1.807) is 13.1 Å². The lowest BCUT2D eigenvalue weighted by atomic mass is 9.48. The van der Waals surface area contributed by atoms with E-state index in [9.17, 15) is 9.59 Å². The summed E-state index contributed by atoms with van der Waals surface area (Å²) in [5.74, 6) is 2.40. The molecule has 1 unspecified atom stereocenters. The number of nitrogens with zero attached hydrogens (tertiary/aromatic N) is 2. The molecule has 4 bridgehead atoms. The lowest BCUT2D eigenvalue weighted by Crippen LogP contribution is -2.56. The van der Waals surface area contributed by atoms with E-state index in [1.165, 1.54) is 43.2 Å². The van der Waals surface area contributed by atoms with Crippen molar-refractivity contribution < 1.29 is 4.79 Å². The molecule has 27 heavy (non-hydrogen) atoms.